The van der Waals surface area contributed by atoms with Gasteiger partial charge in [-0.1, -0.05) is 92.8 Å². The van der Waals surface area contributed by atoms with E-state index in [1.54, 1.807) is 12.2 Å². The van der Waals surface area contributed by atoms with Crippen LogP contribution in [0.2, 0.25) is 10.3 Å². The Balaban J connectivity index is 0.000000422. The summed E-state index contributed by atoms with van der Waals surface area (Å²) in [4.78, 5) is 3.85. The van der Waals surface area contributed by atoms with Crippen molar-refractivity contribution in [1.82, 2.24) is 4.98 Å². The quantitative estimate of drug-likeness (QED) is 0.372. The third-order valence-corrected chi connectivity index (χ3v) is 4.32. The summed E-state index contributed by atoms with van der Waals surface area (Å²) in [6.07, 6.45) is 3.52. The molecule has 1 rings (SSSR count). The molecule has 1 nitrogen and oxygen atoms in total. The molecule has 1 heterocycles. The molecule has 0 aliphatic carbocycles. The summed E-state index contributed by atoms with van der Waals surface area (Å²) < 4.78 is 0. The first-order valence-corrected chi connectivity index (χ1v) is 8.82. The van der Waals surface area contributed by atoms with Gasteiger partial charge in [-0.2, -0.15) is 0 Å². The molecule has 0 fully saturated rings. The fourth-order valence-corrected chi connectivity index (χ4v) is 2.65. The largest absolute Gasteiger partial charge is 0.224 e. The van der Waals surface area contributed by atoms with Gasteiger partial charge in [-0.15, -0.1) is 0 Å². The molecule has 1 aromatic heterocycles. The van der Waals surface area contributed by atoms with Crippen LogP contribution in [-0.4, -0.2) is 4.98 Å². The molecule has 23 heavy (non-hydrogen) atoms. The number of halogens is 4. The SMILES string of the molecule is C=C/C(=C(Cl)\C(Cl)=C/C)C(C)C.CC(C)c1cc(Cl)nc(Cl)c1. The second-order valence-electron chi connectivity index (χ2n) is 5.47. The second-order valence-corrected chi connectivity index (χ2v) is 7.03. The van der Waals surface area contributed by atoms with E-state index in [1.807, 2.05) is 19.1 Å². The monoisotopic (exact) mass is 393 g/mol. The Kier molecular flexibility index (Phi) is 10.9. The Morgan fingerprint density at radius 2 is 1.57 bits per heavy atom. The highest BCUT2D eigenvalue weighted by atomic mass is 35.5. The molecule has 0 saturated carbocycles. The highest BCUT2D eigenvalue weighted by Crippen LogP contribution is 2.27. The topological polar surface area (TPSA) is 12.9 Å². The van der Waals surface area contributed by atoms with Gasteiger partial charge in [0.15, 0.2) is 0 Å². The van der Waals surface area contributed by atoms with Crippen LogP contribution in [0.4, 0.5) is 0 Å². The van der Waals surface area contributed by atoms with E-state index in [-0.39, 0.29) is 0 Å². The van der Waals surface area contributed by atoms with Crippen LogP contribution in [0.3, 0.4) is 0 Å². The van der Waals surface area contributed by atoms with Gasteiger partial charge in [0.2, 0.25) is 0 Å². The Bertz CT molecular complexity index is 566. The van der Waals surface area contributed by atoms with E-state index in [0.717, 1.165) is 11.1 Å². The van der Waals surface area contributed by atoms with E-state index < -0.39 is 0 Å². The van der Waals surface area contributed by atoms with Crippen molar-refractivity contribution in [2.24, 2.45) is 5.92 Å². The van der Waals surface area contributed by atoms with E-state index in [2.05, 4.69) is 39.3 Å². The maximum absolute atomic E-state index is 6.00. The predicted octanol–water partition coefficient (Wildman–Crippen LogP) is 7.98. The molecule has 128 valence electrons. The third kappa shape index (κ3) is 8.26. The maximum Gasteiger partial charge on any atom is 0.131 e. The van der Waals surface area contributed by atoms with Gasteiger partial charge in [0, 0.05) is 0 Å². The Morgan fingerprint density at radius 1 is 1.09 bits per heavy atom. The van der Waals surface area contributed by atoms with Crippen LogP contribution in [0.5, 0.6) is 0 Å². The van der Waals surface area contributed by atoms with Crippen molar-refractivity contribution in [2.75, 3.05) is 0 Å². The lowest BCUT2D eigenvalue weighted by Crippen LogP contribution is -1.93. The molecule has 0 saturated heterocycles. The molecule has 0 aliphatic rings. The standard InChI is InChI=1S/C10H14Cl2.C8H9Cl2N/c1-5-8(7(3)4)10(12)9(11)6-2;1-5(2)6-3-7(9)11-8(10)4-6/h5-7H,1H2,2-4H3;3-5H,1-2H3/b9-6+,10-8-;. The number of nitrogens with zero attached hydrogens (tertiary/aromatic N) is 1. The van der Waals surface area contributed by atoms with Crippen LogP contribution in [0.15, 0.2) is 46.5 Å². The smallest absolute Gasteiger partial charge is 0.131 e. The molecular formula is C18H23Cl4N. The first kappa shape index (κ1) is 22.5. The van der Waals surface area contributed by atoms with Gasteiger partial charge in [0.1, 0.15) is 10.3 Å². The lowest BCUT2D eigenvalue weighted by atomic mass is 10.0. The average Bonchev–Trinajstić information content (AvgIpc) is 2.46. The number of hydrogen-bond donors (Lipinski definition) is 0. The number of allylic oxidation sites excluding steroid dienone is 5. The maximum atomic E-state index is 6.00. The predicted molar refractivity (Wildman–Crippen MR) is 106 cm³/mol. The van der Waals surface area contributed by atoms with Gasteiger partial charge in [-0.3, -0.25) is 0 Å². The molecule has 0 aromatic carbocycles. The van der Waals surface area contributed by atoms with Crippen LogP contribution >= 0.6 is 46.4 Å². The molecule has 0 amide bonds. The highest BCUT2D eigenvalue weighted by molar-refractivity contribution is 6.44. The van der Waals surface area contributed by atoms with Crippen molar-refractivity contribution >= 4 is 46.4 Å². The zero-order valence-electron chi connectivity index (χ0n) is 14.1. The Hall–Kier alpha value is -0.470. The summed E-state index contributed by atoms with van der Waals surface area (Å²) in [6.45, 7) is 13.8. The average molecular weight is 395 g/mol. The van der Waals surface area contributed by atoms with Gasteiger partial charge in [0.05, 0.1) is 10.1 Å². The van der Waals surface area contributed by atoms with Crippen molar-refractivity contribution in [2.45, 2.75) is 40.5 Å². The summed E-state index contributed by atoms with van der Waals surface area (Å²) in [5, 5.41) is 2.10. The summed E-state index contributed by atoms with van der Waals surface area (Å²) in [6, 6.07) is 3.66. The van der Waals surface area contributed by atoms with E-state index >= 15 is 0 Å². The van der Waals surface area contributed by atoms with Crippen molar-refractivity contribution in [3.63, 3.8) is 0 Å². The minimum Gasteiger partial charge on any atom is -0.224 e. The van der Waals surface area contributed by atoms with Crippen molar-refractivity contribution < 1.29 is 0 Å². The number of pyridine rings is 1. The molecule has 0 N–H and O–H groups in total. The molecule has 0 unspecified atom stereocenters. The van der Waals surface area contributed by atoms with Gasteiger partial charge in [-0.25, -0.2) is 4.98 Å². The minimum atomic E-state index is 0.351. The number of rotatable bonds is 4. The van der Waals surface area contributed by atoms with Gasteiger partial charge >= 0.3 is 0 Å². The zero-order chi connectivity index (χ0) is 18.2. The molecule has 0 bridgehead atoms. The van der Waals surface area contributed by atoms with Gasteiger partial charge < -0.3 is 0 Å². The van der Waals surface area contributed by atoms with Crippen LogP contribution in [0, 0.1) is 5.92 Å². The van der Waals surface area contributed by atoms with Gasteiger partial charge in [0.25, 0.3) is 0 Å². The molecule has 5 heteroatoms. The van der Waals surface area contributed by atoms with E-state index in [1.165, 1.54) is 0 Å². The fourth-order valence-electron chi connectivity index (χ4n) is 1.66. The second kappa shape index (κ2) is 11.1. The first-order chi connectivity index (χ1) is 10.6. The van der Waals surface area contributed by atoms with Crippen LogP contribution in [0.25, 0.3) is 0 Å². The third-order valence-electron chi connectivity index (χ3n) is 3.01. The molecule has 0 atom stereocenters. The van der Waals surface area contributed by atoms with Crippen LogP contribution in [-0.2, 0) is 0 Å². The number of aromatic nitrogens is 1. The fraction of sp³-hybridized carbons (Fsp3) is 0.389. The Morgan fingerprint density at radius 3 is 1.87 bits per heavy atom. The minimum absolute atomic E-state index is 0.351. The van der Waals surface area contributed by atoms with Crippen molar-refractivity contribution in [3.8, 4) is 0 Å². The van der Waals surface area contributed by atoms with E-state index in [0.29, 0.717) is 32.2 Å². The molecule has 0 spiro atoms. The first-order valence-electron chi connectivity index (χ1n) is 7.31. The lowest BCUT2D eigenvalue weighted by Gasteiger charge is -2.08. The lowest BCUT2D eigenvalue weighted by molar-refractivity contribution is 0.789. The number of hydrogen-bond acceptors (Lipinski definition) is 1. The molecular weight excluding hydrogens is 372 g/mol. The summed E-state index contributed by atoms with van der Waals surface area (Å²) >= 11 is 23.3. The molecule has 0 aliphatic heterocycles. The van der Waals surface area contributed by atoms with Crippen molar-refractivity contribution in [1.29, 1.82) is 0 Å². The van der Waals surface area contributed by atoms with Crippen LogP contribution < -0.4 is 0 Å². The van der Waals surface area contributed by atoms with E-state index in [9.17, 15) is 0 Å². The van der Waals surface area contributed by atoms with Crippen LogP contribution in [0.1, 0.15) is 46.1 Å². The zero-order valence-corrected chi connectivity index (χ0v) is 17.2. The summed E-state index contributed by atoms with van der Waals surface area (Å²) in [7, 11) is 0. The Labute approximate surface area is 160 Å². The van der Waals surface area contributed by atoms with Gasteiger partial charge in [-0.05, 0) is 42.0 Å². The molecule has 1 aromatic rings. The molecule has 0 radical (unpaired) electrons. The highest BCUT2D eigenvalue weighted by Gasteiger charge is 2.07. The van der Waals surface area contributed by atoms with Crippen molar-refractivity contribution in [3.05, 3.63) is 62.4 Å². The normalized spacial score (nSPS) is 12.7. The summed E-state index contributed by atoms with van der Waals surface area (Å²) in [5.41, 5.74) is 2.11. The van der Waals surface area contributed by atoms with E-state index in [4.69, 9.17) is 46.4 Å². The summed E-state index contributed by atoms with van der Waals surface area (Å²) in [5.74, 6) is 0.789.